The van der Waals surface area contributed by atoms with Crippen LogP contribution in [0.5, 0.6) is 0 Å². The number of anilines is 2. The summed E-state index contributed by atoms with van der Waals surface area (Å²) in [5.74, 6) is 0.143. The first-order valence-corrected chi connectivity index (χ1v) is 9.26. The lowest BCUT2D eigenvalue weighted by Crippen LogP contribution is -2.05. The highest BCUT2D eigenvalue weighted by molar-refractivity contribution is 7.92. The van der Waals surface area contributed by atoms with Gasteiger partial charge in [0.1, 0.15) is 0 Å². The molecule has 9 heteroatoms. The summed E-state index contributed by atoms with van der Waals surface area (Å²) >= 11 is -2.48. The molecule has 2 aliphatic carbocycles. The van der Waals surface area contributed by atoms with Crippen LogP contribution in [0.1, 0.15) is 35.1 Å². The largest absolute Gasteiger partial charge is 0.323 e. The van der Waals surface area contributed by atoms with Crippen molar-refractivity contribution < 1.29 is 12.6 Å². The molecule has 1 heterocycles. The van der Waals surface area contributed by atoms with Crippen molar-refractivity contribution in [3.05, 3.63) is 28.3 Å². The Labute approximate surface area is 139 Å². The van der Waals surface area contributed by atoms with Crippen LogP contribution in [-0.4, -0.2) is 22.9 Å². The molecular formula is C14H15FN4O2S2. The van der Waals surface area contributed by atoms with E-state index >= 15 is 0 Å². The Bertz CT molecular complexity index is 776. The van der Waals surface area contributed by atoms with Gasteiger partial charge in [0.15, 0.2) is 12.3 Å². The molecule has 6 nitrogen and oxygen atoms in total. The molecule has 122 valence electrons. The number of hydrogen-bond acceptors (Lipinski definition) is 5. The molecule has 1 atom stereocenters. The van der Waals surface area contributed by atoms with E-state index in [2.05, 4.69) is 21.5 Å². The molecule has 2 N–H and O–H groups in total. The summed E-state index contributed by atoms with van der Waals surface area (Å²) in [6.07, 6.45) is 6.33. The average molecular weight is 354 g/mol. The molecular weight excluding hydrogens is 339 g/mol. The van der Waals surface area contributed by atoms with Gasteiger partial charge in [-0.25, -0.2) is 4.21 Å². The summed E-state index contributed by atoms with van der Waals surface area (Å²) in [7, 11) is 0. The fourth-order valence-corrected chi connectivity index (χ4v) is 4.19. The van der Waals surface area contributed by atoms with Crippen molar-refractivity contribution in [1.29, 1.82) is 0 Å². The van der Waals surface area contributed by atoms with Crippen molar-refractivity contribution in [3.8, 4) is 0 Å². The van der Waals surface area contributed by atoms with Crippen LogP contribution in [0.3, 0.4) is 0 Å². The average Bonchev–Trinajstić information content (AvgIpc) is 3.24. The van der Waals surface area contributed by atoms with Crippen LogP contribution in [0.15, 0.2) is 11.2 Å². The van der Waals surface area contributed by atoms with Gasteiger partial charge in [-0.2, -0.15) is 4.98 Å². The van der Waals surface area contributed by atoms with Crippen molar-refractivity contribution in [1.82, 2.24) is 14.2 Å². The molecule has 1 aromatic carbocycles. The Morgan fingerprint density at radius 3 is 2.43 bits per heavy atom. The lowest BCUT2D eigenvalue weighted by Gasteiger charge is -2.15. The fraction of sp³-hybridized carbons (Fsp3) is 0.429. The normalized spacial score (nSPS) is 17.1. The monoisotopic (exact) mass is 354 g/mol. The van der Waals surface area contributed by atoms with Gasteiger partial charge < -0.3 is 5.32 Å². The second kappa shape index (κ2) is 5.88. The molecule has 0 saturated heterocycles. The van der Waals surface area contributed by atoms with Gasteiger partial charge in [0.25, 0.3) is 5.16 Å². The van der Waals surface area contributed by atoms with Crippen LogP contribution in [0.25, 0.3) is 0 Å². The van der Waals surface area contributed by atoms with E-state index in [0.717, 1.165) is 48.3 Å². The highest BCUT2D eigenvalue weighted by Crippen LogP contribution is 2.40. The van der Waals surface area contributed by atoms with Crippen molar-refractivity contribution >= 4 is 35.1 Å². The van der Waals surface area contributed by atoms with Crippen molar-refractivity contribution in [3.63, 3.8) is 0 Å². The number of rotatable bonds is 4. The third-order valence-electron chi connectivity index (χ3n) is 4.49. The van der Waals surface area contributed by atoms with Gasteiger partial charge in [0, 0.05) is 5.69 Å². The topological polar surface area (TPSA) is 80.0 Å². The zero-order valence-electron chi connectivity index (χ0n) is 12.2. The van der Waals surface area contributed by atoms with Gasteiger partial charge in [-0.05, 0) is 60.8 Å². The van der Waals surface area contributed by atoms with Crippen molar-refractivity contribution in [2.24, 2.45) is 0 Å². The van der Waals surface area contributed by atoms with Crippen LogP contribution in [0, 0.1) is 0 Å². The molecule has 23 heavy (non-hydrogen) atoms. The molecule has 0 aliphatic heterocycles. The number of aromatic nitrogens is 3. The smallest absolute Gasteiger partial charge is 0.269 e. The second-order valence-corrected chi connectivity index (χ2v) is 7.12. The van der Waals surface area contributed by atoms with E-state index in [1.165, 1.54) is 22.3 Å². The van der Waals surface area contributed by atoms with E-state index in [1.54, 1.807) is 0 Å². The predicted molar refractivity (Wildman–Crippen MR) is 86.9 cm³/mol. The zero-order valence-corrected chi connectivity index (χ0v) is 13.8. The number of halogens is 1. The summed E-state index contributed by atoms with van der Waals surface area (Å²) in [6, 6.07) is 2.30. The Morgan fingerprint density at radius 1 is 1.22 bits per heavy atom. The molecule has 4 rings (SSSR count). The Hall–Kier alpha value is -1.45. The zero-order chi connectivity index (χ0) is 16.0. The first kappa shape index (κ1) is 15.1. The molecule has 2 aromatic rings. The number of aryl methyl sites for hydroxylation is 2. The molecule has 0 bridgehead atoms. The van der Waals surface area contributed by atoms with E-state index in [0.29, 0.717) is 0 Å². The summed E-state index contributed by atoms with van der Waals surface area (Å²) in [6.45, 7) is 0. The predicted octanol–water partition coefficient (Wildman–Crippen LogP) is 2.96. The molecule has 0 spiro atoms. The summed E-state index contributed by atoms with van der Waals surface area (Å²) in [4.78, 5) is 3.96. The third kappa shape index (κ3) is 2.56. The van der Waals surface area contributed by atoms with E-state index < -0.39 is 11.1 Å². The van der Waals surface area contributed by atoms with Crippen molar-refractivity contribution in [2.75, 3.05) is 5.32 Å². The first-order valence-electron chi connectivity index (χ1n) is 7.48. The number of nitrogens with one attached hydrogen (secondary N) is 1. The maximum atomic E-state index is 13.1. The maximum absolute atomic E-state index is 13.1. The van der Waals surface area contributed by atoms with Gasteiger partial charge >= 0.3 is 0 Å². The summed E-state index contributed by atoms with van der Waals surface area (Å²) in [5, 5.41) is 6.57. The molecule has 1 unspecified atom stereocenters. The van der Waals surface area contributed by atoms with E-state index in [-0.39, 0.29) is 23.4 Å². The molecule has 0 saturated carbocycles. The van der Waals surface area contributed by atoms with Crippen molar-refractivity contribution in [2.45, 2.75) is 43.7 Å². The first-order chi connectivity index (χ1) is 11.2. The van der Waals surface area contributed by atoms with Gasteiger partial charge in [-0.15, -0.1) is 13.1 Å². The van der Waals surface area contributed by atoms with Crippen LogP contribution in [0.4, 0.5) is 15.5 Å². The van der Waals surface area contributed by atoms with Crippen LogP contribution < -0.4 is 5.32 Å². The molecule has 0 fully saturated rings. The van der Waals surface area contributed by atoms with Gasteiger partial charge in [-0.3, -0.25) is 4.55 Å². The molecule has 2 aliphatic rings. The number of fused-ring (bicyclic) bond motifs is 2. The van der Waals surface area contributed by atoms with E-state index in [1.807, 2.05) is 0 Å². The lowest BCUT2D eigenvalue weighted by molar-refractivity contribution is 0.555. The standard InChI is InChI=1S/C14H15FN4O2S2/c15-22-19-13(17-14(18-19)23(20)21)16-12-10-5-1-3-8(10)7-9-4-2-6-11(9)12/h7H,1-6H2,(H,20,21)(H,16,17,18). The SMILES string of the molecule is O=S(O)c1nc(Nc2c3c(cc4c2CCC4)CCC3)n(SF)n1. The number of nitrogens with zero attached hydrogens (tertiary/aromatic N) is 3. The second-order valence-electron chi connectivity index (χ2n) is 5.77. The number of benzene rings is 1. The van der Waals surface area contributed by atoms with Crippen LogP contribution in [-0.2, 0) is 36.8 Å². The Morgan fingerprint density at radius 2 is 1.87 bits per heavy atom. The Balaban J connectivity index is 1.79. The summed E-state index contributed by atoms with van der Waals surface area (Å²) < 4.78 is 34.2. The minimum absolute atomic E-state index is 0.143. The van der Waals surface area contributed by atoms with Crippen LogP contribution in [0.2, 0.25) is 0 Å². The van der Waals surface area contributed by atoms with E-state index in [4.69, 9.17) is 4.55 Å². The van der Waals surface area contributed by atoms with E-state index in [9.17, 15) is 8.09 Å². The quantitative estimate of drug-likeness (QED) is 0.822. The minimum atomic E-state index is -2.34. The number of hydrogen-bond donors (Lipinski definition) is 2. The Kier molecular flexibility index (Phi) is 3.86. The van der Waals surface area contributed by atoms with Crippen LogP contribution >= 0.6 is 12.3 Å². The van der Waals surface area contributed by atoms with Gasteiger partial charge in [0.05, 0.1) is 0 Å². The van der Waals surface area contributed by atoms with Gasteiger partial charge in [0.2, 0.25) is 17.0 Å². The van der Waals surface area contributed by atoms with Gasteiger partial charge in [-0.1, -0.05) is 6.07 Å². The third-order valence-corrected chi connectivity index (χ3v) is 5.36. The minimum Gasteiger partial charge on any atom is -0.323 e. The fourth-order valence-electron chi connectivity index (χ4n) is 3.56. The lowest BCUT2D eigenvalue weighted by atomic mass is 9.99. The molecule has 0 radical (unpaired) electrons. The molecule has 1 aromatic heterocycles. The highest BCUT2D eigenvalue weighted by atomic mass is 32.2. The maximum Gasteiger partial charge on any atom is 0.269 e. The summed E-state index contributed by atoms with van der Waals surface area (Å²) in [5.41, 5.74) is 6.20. The highest BCUT2D eigenvalue weighted by Gasteiger charge is 2.25. The molecule has 0 amide bonds.